The number of halogens is 2. The molecule has 1 saturated heterocycles. The number of anilines is 1. The Kier molecular flexibility index (Phi) is 5.74. The van der Waals surface area contributed by atoms with E-state index in [-0.39, 0.29) is 17.1 Å². The van der Waals surface area contributed by atoms with Crippen molar-refractivity contribution in [3.63, 3.8) is 0 Å². The summed E-state index contributed by atoms with van der Waals surface area (Å²) in [5.41, 5.74) is 3.38. The maximum absolute atomic E-state index is 13.8. The minimum Gasteiger partial charge on any atom is -0.495 e. The van der Waals surface area contributed by atoms with E-state index in [1.807, 2.05) is 70.3 Å². The summed E-state index contributed by atoms with van der Waals surface area (Å²) in [6, 6.07) is 21.7. The molecule has 5 rings (SSSR count). The molecule has 1 N–H and O–H groups in total. The molecule has 5 nitrogen and oxygen atoms in total. The minimum atomic E-state index is -0.458. The zero-order chi connectivity index (χ0) is 22.9. The lowest BCUT2D eigenvalue weighted by molar-refractivity contribution is 0.414. The molecular weight excluding hydrogens is 459 g/mol. The first-order chi connectivity index (χ1) is 16.1. The normalized spacial score (nSPS) is 17.8. The molecule has 0 amide bonds. The zero-order valence-electron chi connectivity index (χ0n) is 17.7. The van der Waals surface area contributed by atoms with Gasteiger partial charge >= 0.3 is 0 Å². The molecule has 1 fully saturated rings. The van der Waals surface area contributed by atoms with Gasteiger partial charge in [-0.25, -0.2) is 4.39 Å². The van der Waals surface area contributed by atoms with E-state index in [1.54, 1.807) is 25.4 Å². The second kappa shape index (κ2) is 8.84. The maximum Gasteiger partial charge on any atom is 0.174 e. The number of benzene rings is 2. The Hall–Kier alpha value is -3.42. The van der Waals surface area contributed by atoms with Gasteiger partial charge in [0.2, 0.25) is 0 Å². The van der Waals surface area contributed by atoms with E-state index >= 15 is 0 Å². The predicted molar refractivity (Wildman–Crippen MR) is 132 cm³/mol. The van der Waals surface area contributed by atoms with E-state index in [0.717, 1.165) is 22.8 Å². The van der Waals surface area contributed by atoms with Crippen LogP contribution in [-0.4, -0.2) is 21.8 Å². The lowest BCUT2D eigenvalue weighted by Gasteiger charge is -2.30. The van der Waals surface area contributed by atoms with Gasteiger partial charge in [0.1, 0.15) is 17.6 Å². The lowest BCUT2D eigenvalue weighted by Crippen LogP contribution is -2.30. The molecule has 0 bridgehead atoms. The fraction of sp³-hybridized carbons (Fsp3) is 0.120. The highest BCUT2D eigenvalue weighted by molar-refractivity contribution is 7.80. The number of thiocarbonyl (C=S) groups is 1. The number of methoxy groups -OCH3 is 1. The van der Waals surface area contributed by atoms with E-state index < -0.39 is 5.82 Å². The molecule has 8 heteroatoms. The van der Waals surface area contributed by atoms with Crippen LogP contribution in [0.2, 0.25) is 5.02 Å². The van der Waals surface area contributed by atoms with E-state index in [4.69, 9.17) is 28.6 Å². The molecule has 2 aromatic heterocycles. The molecule has 33 heavy (non-hydrogen) atoms. The number of ether oxygens (including phenoxy) is 1. The SMILES string of the molecule is COc1ccccc1N1C(=S)NC(c2ccccn2)C1c1cccn1-c1ccc(F)c(Cl)c1. The van der Waals surface area contributed by atoms with Crippen LogP contribution in [0.3, 0.4) is 0 Å². The molecule has 1 aliphatic rings. The molecule has 0 radical (unpaired) electrons. The van der Waals surface area contributed by atoms with Crippen molar-refractivity contribution in [2.75, 3.05) is 12.0 Å². The van der Waals surface area contributed by atoms with Crippen LogP contribution in [0.4, 0.5) is 10.1 Å². The molecule has 166 valence electrons. The van der Waals surface area contributed by atoms with Gasteiger partial charge in [-0.1, -0.05) is 29.8 Å². The summed E-state index contributed by atoms with van der Waals surface area (Å²) in [6.07, 6.45) is 3.69. The van der Waals surface area contributed by atoms with Crippen molar-refractivity contribution in [1.29, 1.82) is 0 Å². The Morgan fingerprint density at radius 2 is 1.88 bits per heavy atom. The highest BCUT2D eigenvalue weighted by atomic mass is 35.5. The molecule has 3 heterocycles. The lowest BCUT2D eigenvalue weighted by atomic mass is 10.0. The minimum absolute atomic E-state index is 0.0649. The Bertz CT molecular complexity index is 1310. The topological polar surface area (TPSA) is 42.3 Å². The standard InChI is InChI=1S/C25H20ClFN4OS/c1-32-22-10-3-2-8-20(22)31-24(23(29-25(31)33)19-7-4-5-13-28-19)21-9-6-14-30(21)16-11-12-18(27)17(26)15-16/h2-15,23-24H,1H3,(H,29,33). The second-order valence-electron chi connectivity index (χ2n) is 7.57. The average molecular weight is 479 g/mol. The van der Waals surface area contributed by atoms with Gasteiger partial charge < -0.3 is 19.5 Å². The van der Waals surface area contributed by atoms with Crippen LogP contribution >= 0.6 is 23.8 Å². The van der Waals surface area contributed by atoms with Crippen molar-refractivity contribution in [2.45, 2.75) is 12.1 Å². The van der Waals surface area contributed by atoms with E-state index in [9.17, 15) is 4.39 Å². The van der Waals surface area contributed by atoms with Crippen molar-refractivity contribution in [3.8, 4) is 11.4 Å². The first-order valence-electron chi connectivity index (χ1n) is 10.3. The van der Waals surface area contributed by atoms with Gasteiger partial charge in [-0.3, -0.25) is 4.98 Å². The fourth-order valence-corrected chi connectivity index (χ4v) is 4.76. The second-order valence-corrected chi connectivity index (χ2v) is 8.36. The van der Waals surface area contributed by atoms with Crippen molar-refractivity contribution in [2.24, 2.45) is 0 Å². The first-order valence-corrected chi connectivity index (χ1v) is 11.1. The number of aromatic nitrogens is 2. The number of hydrogen-bond donors (Lipinski definition) is 1. The third-order valence-corrected chi connectivity index (χ3v) is 6.31. The molecule has 2 unspecified atom stereocenters. The first kappa shape index (κ1) is 21.4. The van der Waals surface area contributed by atoms with Crippen LogP contribution in [-0.2, 0) is 0 Å². The van der Waals surface area contributed by atoms with Crippen LogP contribution in [0.5, 0.6) is 5.75 Å². The van der Waals surface area contributed by atoms with Gasteiger partial charge in [-0.05, 0) is 66.8 Å². The van der Waals surface area contributed by atoms with Gasteiger partial charge in [-0.2, -0.15) is 0 Å². The van der Waals surface area contributed by atoms with Gasteiger partial charge in [0, 0.05) is 23.8 Å². The van der Waals surface area contributed by atoms with Crippen molar-refractivity contribution in [1.82, 2.24) is 14.9 Å². The maximum atomic E-state index is 13.8. The largest absolute Gasteiger partial charge is 0.495 e. The molecule has 1 aliphatic heterocycles. The van der Waals surface area contributed by atoms with Gasteiger partial charge in [-0.15, -0.1) is 0 Å². The zero-order valence-corrected chi connectivity index (χ0v) is 19.2. The monoisotopic (exact) mass is 478 g/mol. The molecule has 0 spiro atoms. The third kappa shape index (κ3) is 3.83. The van der Waals surface area contributed by atoms with Crippen LogP contribution < -0.4 is 15.0 Å². The number of rotatable bonds is 5. The summed E-state index contributed by atoms with van der Waals surface area (Å²) in [6.45, 7) is 0. The van der Waals surface area contributed by atoms with Crippen LogP contribution in [0, 0.1) is 5.82 Å². The van der Waals surface area contributed by atoms with Crippen LogP contribution in [0.1, 0.15) is 23.5 Å². The van der Waals surface area contributed by atoms with E-state index in [2.05, 4.69) is 10.3 Å². The Morgan fingerprint density at radius 1 is 1.06 bits per heavy atom. The highest BCUT2D eigenvalue weighted by Crippen LogP contribution is 2.44. The van der Waals surface area contributed by atoms with Crippen LogP contribution in [0.15, 0.2) is 85.2 Å². The molecule has 2 atom stereocenters. The summed E-state index contributed by atoms with van der Waals surface area (Å²) < 4.78 is 21.5. The van der Waals surface area contributed by atoms with Gasteiger partial charge in [0.25, 0.3) is 0 Å². The van der Waals surface area contributed by atoms with Crippen molar-refractivity contribution >= 4 is 34.6 Å². The summed E-state index contributed by atoms with van der Waals surface area (Å²) in [7, 11) is 1.64. The van der Waals surface area contributed by atoms with Gasteiger partial charge in [0.15, 0.2) is 5.11 Å². The molecule has 2 aromatic carbocycles. The summed E-state index contributed by atoms with van der Waals surface area (Å²) in [5, 5.41) is 4.07. The summed E-state index contributed by atoms with van der Waals surface area (Å²) >= 11 is 11.9. The third-order valence-electron chi connectivity index (χ3n) is 5.71. The summed E-state index contributed by atoms with van der Waals surface area (Å²) in [4.78, 5) is 6.64. The fourth-order valence-electron chi connectivity index (χ4n) is 4.25. The van der Waals surface area contributed by atoms with E-state index in [0.29, 0.717) is 10.9 Å². The van der Waals surface area contributed by atoms with Crippen molar-refractivity contribution in [3.05, 3.63) is 107 Å². The molecule has 0 saturated carbocycles. The molecule has 0 aliphatic carbocycles. The molecular formula is C25H20ClFN4OS. The quantitative estimate of drug-likeness (QED) is 0.364. The number of hydrogen-bond acceptors (Lipinski definition) is 3. The van der Waals surface area contributed by atoms with Crippen LogP contribution in [0.25, 0.3) is 5.69 Å². The van der Waals surface area contributed by atoms with Gasteiger partial charge in [0.05, 0.1) is 29.6 Å². The Balaban J connectivity index is 1.69. The number of nitrogens with zero attached hydrogens (tertiary/aromatic N) is 3. The van der Waals surface area contributed by atoms with E-state index in [1.165, 1.54) is 6.07 Å². The Labute approximate surface area is 201 Å². The number of nitrogens with one attached hydrogen (secondary N) is 1. The molecule has 4 aromatic rings. The number of pyridine rings is 1. The summed E-state index contributed by atoms with van der Waals surface area (Å²) in [5.74, 6) is 0.246. The van der Waals surface area contributed by atoms with Crippen molar-refractivity contribution < 1.29 is 9.13 Å². The highest BCUT2D eigenvalue weighted by Gasteiger charge is 2.43. The predicted octanol–water partition coefficient (Wildman–Crippen LogP) is 5.85. The average Bonchev–Trinajstić information content (AvgIpc) is 3.45. The smallest absolute Gasteiger partial charge is 0.174 e. The Morgan fingerprint density at radius 3 is 2.64 bits per heavy atom. The number of para-hydroxylation sites is 2.